The molecular weight excluding hydrogens is 449 g/mol. The lowest BCUT2D eigenvalue weighted by molar-refractivity contribution is -0.391. The molecule has 0 aliphatic carbocycles. The van der Waals surface area contributed by atoms with Crippen LogP contribution in [-0.4, -0.2) is 40.5 Å². The van der Waals surface area contributed by atoms with E-state index in [0.717, 1.165) is 5.32 Å². The smallest absolute Gasteiger partial charge is 0.320 e. The van der Waals surface area contributed by atoms with Crippen LogP contribution in [0.4, 0.5) is 49.6 Å². The molecule has 0 aliphatic rings. The van der Waals surface area contributed by atoms with Crippen molar-refractivity contribution < 1.29 is 48.7 Å². The van der Waals surface area contributed by atoms with Crippen LogP contribution in [0.3, 0.4) is 0 Å². The minimum atomic E-state index is -7.31. The Morgan fingerprint density at radius 1 is 0.852 bits per heavy atom. The zero-order valence-corrected chi connectivity index (χ0v) is 14.1. The number of hydrogen-bond acceptors (Lipinski definition) is 2. The van der Waals surface area contributed by atoms with Gasteiger partial charge in [0.25, 0.3) is 0 Å². The third kappa shape index (κ3) is 3.89. The van der Waals surface area contributed by atoms with Crippen molar-refractivity contribution in [3.63, 3.8) is 0 Å². The predicted octanol–water partition coefficient (Wildman–Crippen LogP) is 5.52. The minimum Gasteiger partial charge on any atom is -0.320 e. The van der Waals surface area contributed by atoms with Crippen molar-refractivity contribution in [1.82, 2.24) is 4.98 Å². The first-order chi connectivity index (χ1) is 11.8. The highest BCUT2D eigenvalue weighted by Crippen LogP contribution is 2.57. The molecule has 0 aromatic carbocycles. The number of halogens is 12. The number of amides is 1. The van der Waals surface area contributed by atoms with Crippen LogP contribution < -0.4 is 5.32 Å². The number of nitrogens with one attached hydrogen (secondary N) is 1. The van der Waals surface area contributed by atoms with Gasteiger partial charge in [0.05, 0.1) is 0 Å². The molecule has 3 nitrogen and oxygen atoms in total. The van der Waals surface area contributed by atoms with E-state index in [9.17, 15) is 48.7 Å². The first kappa shape index (κ1) is 23.5. The topological polar surface area (TPSA) is 42.0 Å². The van der Waals surface area contributed by atoms with Crippen LogP contribution in [0.15, 0.2) is 12.1 Å². The molecule has 27 heavy (non-hydrogen) atoms. The van der Waals surface area contributed by atoms with Crippen LogP contribution in [0, 0.1) is 0 Å². The van der Waals surface area contributed by atoms with Crippen molar-refractivity contribution >= 4 is 34.8 Å². The second-order valence-electron chi connectivity index (χ2n) is 5.14. The van der Waals surface area contributed by atoms with Crippen molar-refractivity contribution in [1.29, 1.82) is 0 Å². The summed E-state index contributed by atoms with van der Waals surface area (Å²) in [5, 5.41) is -0.103. The highest BCUT2D eigenvalue weighted by atomic mass is 35.5. The van der Waals surface area contributed by atoms with Crippen molar-refractivity contribution in [2.45, 2.75) is 36.5 Å². The van der Waals surface area contributed by atoms with Crippen LogP contribution in [0.5, 0.6) is 0 Å². The van der Waals surface area contributed by atoms with Gasteiger partial charge >= 0.3 is 35.5 Å². The molecule has 1 aromatic rings. The molecule has 0 atom stereocenters. The Morgan fingerprint density at radius 2 is 1.26 bits per heavy atom. The van der Waals surface area contributed by atoms with Crippen molar-refractivity contribution in [3.8, 4) is 0 Å². The van der Waals surface area contributed by atoms with Gasteiger partial charge in [0, 0.05) is 12.6 Å². The van der Waals surface area contributed by atoms with E-state index in [1.807, 2.05) is 0 Å². The summed E-state index contributed by atoms with van der Waals surface area (Å²) >= 11 is 10.7. The summed E-state index contributed by atoms with van der Waals surface area (Å²) in [6.07, 6.45) is 0. The van der Waals surface area contributed by atoms with Gasteiger partial charge < -0.3 is 5.32 Å². The number of alkyl halides is 10. The van der Waals surface area contributed by atoms with Crippen molar-refractivity contribution in [3.05, 3.63) is 22.4 Å². The average molecular weight is 455 g/mol. The normalized spacial score (nSPS) is 14.3. The van der Waals surface area contributed by atoms with E-state index in [-0.39, 0.29) is 0 Å². The fourth-order valence-corrected chi connectivity index (χ4v) is 2.02. The van der Waals surface area contributed by atoms with E-state index < -0.39 is 58.4 Å². The molecule has 154 valence electrons. The zero-order chi connectivity index (χ0) is 21.6. The molecule has 1 aromatic heterocycles. The quantitative estimate of drug-likeness (QED) is 0.454. The Hall–Kier alpha value is -1.50. The monoisotopic (exact) mass is 454 g/mol. The van der Waals surface area contributed by atoms with E-state index in [2.05, 4.69) is 4.98 Å². The molecule has 0 unspecified atom stereocenters. The van der Waals surface area contributed by atoms with Gasteiger partial charge in [0.2, 0.25) is 0 Å². The first-order valence-electron chi connectivity index (χ1n) is 6.32. The lowest BCUT2D eigenvalue weighted by Gasteiger charge is -2.37. The molecule has 0 bridgehead atoms. The molecule has 1 heterocycles. The van der Waals surface area contributed by atoms with E-state index >= 15 is 0 Å². The number of aromatic nitrogens is 1. The van der Waals surface area contributed by atoms with Gasteiger partial charge in [0.1, 0.15) is 10.3 Å². The molecule has 0 spiro atoms. The molecule has 15 heteroatoms. The Balaban J connectivity index is 3.31. The van der Waals surface area contributed by atoms with Crippen LogP contribution >= 0.6 is 23.2 Å². The van der Waals surface area contributed by atoms with Crippen molar-refractivity contribution in [2.24, 2.45) is 0 Å². The van der Waals surface area contributed by atoms with Gasteiger partial charge in [-0.25, -0.2) is 4.98 Å². The van der Waals surface area contributed by atoms with E-state index in [0.29, 0.717) is 12.1 Å². The summed E-state index contributed by atoms with van der Waals surface area (Å²) in [6.45, 7) is -0.879. The van der Waals surface area contributed by atoms with Crippen molar-refractivity contribution in [2.75, 3.05) is 5.32 Å². The van der Waals surface area contributed by atoms with E-state index in [1.165, 1.54) is 0 Å². The van der Waals surface area contributed by atoms with Gasteiger partial charge in [-0.2, -0.15) is 43.9 Å². The lowest BCUT2D eigenvalue weighted by Crippen LogP contribution is -2.68. The largest absolute Gasteiger partial charge is 0.393 e. The highest BCUT2D eigenvalue weighted by Gasteiger charge is 2.86. The summed E-state index contributed by atoms with van der Waals surface area (Å²) in [6, 6.07) is 1.15. The molecule has 0 radical (unpaired) electrons. The van der Waals surface area contributed by atoms with Gasteiger partial charge in [0.15, 0.2) is 0 Å². The molecule has 0 fully saturated rings. The Labute approximate surface area is 153 Å². The third-order valence-corrected chi connectivity index (χ3v) is 3.43. The Morgan fingerprint density at radius 3 is 1.63 bits per heavy atom. The summed E-state index contributed by atoms with van der Waals surface area (Å²) in [7, 11) is 0. The number of carbonyl (C=O) groups is 1. The Kier molecular flexibility index (Phi) is 5.96. The van der Waals surface area contributed by atoms with Gasteiger partial charge in [-0.3, -0.25) is 4.79 Å². The fraction of sp³-hybridized carbons (Fsp3) is 0.500. The van der Waals surface area contributed by atoms with Crippen LogP contribution in [0.25, 0.3) is 0 Å². The fourth-order valence-electron chi connectivity index (χ4n) is 1.56. The zero-order valence-electron chi connectivity index (χ0n) is 12.5. The van der Waals surface area contributed by atoms with Gasteiger partial charge in [-0.15, -0.1) is 0 Å². The summed E-state index contributed by atoms with van der Waals surface area (Å²) in [4.78, 5) is 14.6. The number of rotatable bonds is 6. The van der Waals surface area contributed by atoms with E-state index in [1.54, 1.807) is 0 Å². The maximum absolute atomic E-state index is 13.6. The SMILES string of the molecule is CC(F)(F)C(F)(F)C(F)(F)C(F)(F)C(F)(F)C(=O)Nc1cc(Cl)nc(Cl)c1. The molecule has 0 saturated carbocycles. The second-order valence-corrected chi connectivity index (χ2v) is 5.92. The molecular formula is C12H6Cl2F10N2O. The standard InChI is InChI=1S/C12H6Cl2F10N2O/c1-8(15,16)10(19,20)12(23,24)11(21,22)9(17,18)7(27)25-4-2-5(13)26-6(14)3-4/h2-3H,1H3,(H,25,26,27). The molecule has 1 rings (SSSR count). The number of carbonyl (C=O) groups excluding carboxylic acids is 1. The molecule has 0 aliphatic heterocycles. The molecule has 1 N–H and O–H groups in total. The predicted molar refractivity (Wildman–Crippen MR) is 73.3 cm³/mol. The van der Waals surface area contributed by atoms with Crippen LogP contribution in [0.1, 0.15) is 6.92 Å². The average Bonchev–Trinajstić information content (AvgIpc) is 2.44. The van der Waals surface area contributed by atoms with Gasteiger partial charge in [-0.05, 0) is 12.1 Å². The summed E-state index contributed by atoms with van der Waals surface area (Å²) in [5.74, 6) is -37.0. The Bertz CT molecular complexity index is 715. The van der Waals surface area contributed by atoms with Gasteiger partial charge in [-0.1, -0.05) is 23.2 Å². The first-order valence-corrected chi connectivity index (χ1v) is 7.08. The van der Waals surface area contributed by atoms with Crippen LogP contribution in [0.2, 0.25) is 10.3 Å². The number of pyridine rings is 1. The summed E-state index contributed by atoms with van der Waals surface area (Å²) in [5.41, 5.74) is -0.837. The number of hydrogen-bond donors (Lipinski definition) is 1. The summed E-state index contributed by atoms with van der Waals surface area (Å²) < 4.78 is 132. The maximum atomic E-state index is 13.6. The minimum absolute atomic E-state index is 0.546. The maximum Gasteiger partial charge on any atom is 0.393 e. The van der Waals surface area contributed by atoms with E-state index in [4.69, 9.17) is 23.2 Å². The highest BCUT2D eigenvalue weighted by molar-refractivity contribution is 6.33. The third-order valence-electron chi connectivity index (χ3n) is 3.04. The van der Waals surface area contributed by atoms with Crippen LogP contribution in [-0.2, 0) is 4.79 Å². The number of nitrogens with zero attached hydrogens (tertiary/aromatic N) is 1. The number of anilines is 1. The molecule has 1 amide bonds. The lowest BCUT2D eigenvalue weighted by atomic mass is 9.94. The molecule has 0 saturated heterocycles. The second kappa shape index (κ2) is 6.83.